The van der Waals surface area contributed by atoms with Crippen molar-refractivity contribution in [3.05, 3.63) is 83.6 Å². The van der Waals surface area contributed by atoms with Gasteiger partial charge in [0, 0.05) is 26.0 Å². The molecule has 1 aromatic heterocycles. The van der Waals surface area contributed by atoms with Crippen LogP contribution in [0.3, 0.4) is 0 Å². The Bertz CT molecular complexity index is 1240. The molecule has 39 heavy (non-hydrogen) atoms. The second-order valence-electron chi connectivity index (χ2n) is 9.28. The molecule has 1 amide bonds. The number of carbonyl (C=O) groups excluding carboxylic acids is 2. The topological polar surface area (TPSA) is 89.5 Å². The number of esters is 1. The second kappa shape index (κ2) is 12.8. The fourth-order valence-electron chi connectivity index (χ4n) is 4.51. The lowest BCUT2D eigenvalue weighted by Gasteiger charge is -2.32. The van der Waals surface area contributed by atoms with Crippen molar-refractivity contribution in [2.75, 3.05) is 32.2 Å². The van der Waals surface area contributed by atoms with Crippen LogP contribution in [0.5, 0.6) is 0 Å². The van der Waals surface area contributed by atoms with Crippen molar-refractivity contribution < 1.29 is 32.2 Å². The van der Waals surface area contributed by atoms with Crippen molar-refractivity contribution in [2.24, 2.45) is 5.92 Å². The van der Waals surface area contributed by atoms with Crippen LogP contribution < -0.4 is 10.6 Å². The Morgan fingerprint density at radius 3 is 2.21 bits per heavy atom. The van der Waals surface area contributed by atoms with Crippen molar-refractivity contribution >= 4 is 17.7 Å². The van der Waals surface area contributed by atoms with E-state index in [-0.39, 0.29) is 30.8 Å². The number of ether oxygens (including phenoxy) is 2. The Kier molecular flexibility index (Phi) is 9.19. The third-order valence-corrected chi connectivity index (χ3v) is 6.72. The molecule has 1 aliphatic rings. The van der Waals surface area contributed by atoms with Crippen molar-refractivity contribution in [1.29, 1.82) is 0 Å². The van der Waals surface area contributed by atoms with Gasteiger partial charge < -0.3 is 20.1 Å². The number of benzene rings is 2. The van der Waals surface area contributed by atoms with Gasteiger partial charge in [-0.05, 0) is 59.7 Å². The molecule has 0 spiro atoms. The summed E-state index contributed by atoms with van der Waals surface area (Å²) in [5, 5.41) is 6.16. The van der Waals surface area contributed by atoms with E-state index in [1.54, 1.807) is 12.1 Å². The molecule has 0 bridgehead atoms. The molecule has 1 saturated heterocycles. The van der Waals surface area contributed by atoms with Crippen molar-refractivity contribution in [3.8, 4) is 11.1 Å². The number of nitrogens with zero attached hydrogens (tertiary/aromatic N) is 1. The first-order chi connectivity index (χ1) is 18.7. The standard InChI is InChI=1S/C29H30F3N3O4/c1-38-26(36)12-15-33-28(37)23-8-11-25(34-18-23)35-27(22-13-16-39-17-14-22)21-4-2-19(3-5-21)20-6-9-24(10-7-20)29(30,31)32/h2-11,18,22,27H,12-17H2,1H3,(H,33,37)(H,34,35)/t27-/m0/s1. The van der Waals surface area contributed by atoms with Gasteiger partial charge in [-0.25, -0.2) is 4.98 Å². The molecule has 1 fully saturated rings. The van der Waals surface area contributed by atoms with Gasteiger partial charge in [-0.2, -0.15) is 13.2 Å². The largest absolute Gasteiger partial charge is 0.469 e. The summed E-state index contributed by atoms with van der Waals surface area (Å²) in [6.45, 7) is 1.48. The number of pyridine rings is 1. The molecular formula is C29H30F3N3O4. The highest BCUT2D eigenvalue weighted by atomic mass is 19.4. The van der Waals surface area contributed by atoms with Gasteiger partial charge in [0.05, 0.1) is 30.7 Å². The summed E-state index contributed by atoms with van der Waals surface area (Å²) < 4.78 is 48.9. The van der Waals surface area contributed by atoms with E-state index in [9.17, 15) is 22.8 Å². The van der Waals surface area contributed by atoms with E-state index >= 15 is 0 Å². The normalized spacial score (nSPS) is 14.9. The molecular weight excluding hydrogens is 511 g/mol. The smallest absolute Gasteiger partial charge is 0.416 e. The summed E-state index contributed by atoms with van der Waals surface area (Å²) in [6, 6.07) is 16.2. The molecule has 2 aromatic carbocycles. The van der Waals surface area contributed by atoms with E-state index in [1.807, 2.05) is 24.3 Å². The maximum Gasteiger partial charge on any atom is 0.416 e. The number of aromatic nitrogens is 1. The van der Waals surface area contributed by atoms with Gasteiger partial charge in [-0.1, -0.05) is 36.4 Å². The van der Waals surface area contributed by atoms with Gasteiger partial charge in [0.2, 0.25) is 0 Å². The molecule has 2 heterocycles. The van der Waals surface area contributed by atoms with Crippen molar-refractivity contribution in [3.63, 3.8) is 0 Å². The molecule has 1 atom stereocenters. The lowest BCUT2D eigenvalue weighted by Crippen LogP contribution is -2.28. The predicted molar refractivity (Wildman–Crippen MR) is 140 cm³/mol. The Labute approximate surface area is 224 Å². The first-order valence-corrected chi connectivity index (χ1v) is 12.7. The molecule has 2 N–H and O–H groups in total. The average Bonchev–Trinajstić information content (AvgIpc) is 2.96. The minimum atomic E-state index is -4.37. The fraction of sp³-hybridized carbons (Fsp3) is 0.345. The molecule has 3 aromatic rings. The molecule has 1 aliphatic heterocycles. The van der Waals surface area contributed by atoms with E-state index in [2.05, 4.69) is 20.4 Å². The maximum atomic E-state index is 12.9. The Morgan fingerprint density at radius 2 is 1.64 bits per heavy atom. The minimum Gasteiger partial charge on any atom is -0.469 e. The van der Waals surface area contributed by atoms with Gasteiger partial charge in [-0.15, -0.1) is 0 Å². The first-order valence-electron chi connectivity index (χ1n) is 12.7. The van der Waals surface area contributed by atoms with Gasteiger partial charge in [0.25, 0.3) is 5.91 Å². The van der Waals surface area contributed by atoms with E-state index in [1.165, 1.54) is 25.4 Å². The molecule has 0 saturated carbocycles. The quantitative estimate of drug-likeness (QED) is 0.341. The molecule has 7 nitrogen and oxygen atoms in total. The molecule has 0 aliphatic carbocycles. The number of halogens is 3. The Hall–Kier alpha value is -3.92. The number of rotatable bonds is 9. The van der Waals surface area contributed by atoms with Crippen LogP contribution in [-0.2, 0) is 20.4 Å². The van der Waals surface area contributed by atoms with Gasteiger partial charge >= 0.3 is 12.1 Å². The van der Waals surface area contributed by atoms with Crippen LogP contribution in [0, 0.1) is 5.92 Å². The van der Waals surface area contributed by atoms with Crippen molar-refractivity contribution in [2.45, 2.75) is 31.5 Å². The van der Waals surface area contributed by atoms with Crippen LogP contribution in [-0.4, -0.2) is 43.7 Å². The monoisotopic (exact) mass is 541 g/mol. The highest BCUT2D eigenvalue weighted by Gasteiger charge is 2.30. The molecule has 10 heteroatoms. The zero-order valence-electron chi connectivity index (χ0n) is 21.5. The molecule has 4 rings (SSSR count). The van der Waals surface area contributed by atoms with Crippen LogP contribution >= 0.6 is 0 Å². The van der Waals surface area contributed by atoms with Crippen LogP contribution in [0.15, 0.2) is 66.9 Å². The minimum absolute atomic E-state index is 0.0808. The highest BCUT2D eigenvalue weighted by molar-refractivity contribution is 5.94. The van der Waals surface area contributed by atoms with Crippen LogP contribution in [0.25, 0.3) is 11.1 Å². The van der Waals surface area contributed by atoms with Gasteiger partial charge in [0.1, 0.15) is 5.82 Å². The Balaban J connectivity index is 1.47. The summed E-state index contributed by atoms with van der Waals surface area (Å²) in [7, 11) is 1.29. The lowest BCUT2D eigenvalue weighted by atomic mass is 9.86. The zero-order chi connectivity index (χ0) is 27.8. The van der Waals surface area contributed by atoms with Crippen LogP contribution in [0.1, 0.15) is 46.8 Å². The summed E-state index contributed by atoms with van der Waals surface area (Å²) in [6.07, 6.45) is -1.09. The zero-order valence-corrected chi connectivity index (χ0v) is 21.5. The number of nitrogens with one attached hydrogen (secondary N) is 2. The van der Waals surface area contributed by atoms with E-state index in [4.69, 9.17) is 4.74 Å². The lowest BCUT2D eigenvalue weighted by molar-refractivity contribution is -0.140. The number of hydrogen-bond donors (Lipinski definition) is 2. The Morgan fingerprint density at radius 1 is 1.00 bits per heavy atom. The number of anilines is 1. The summed E-state index contributed by atoms with van der Waals surface area (Å²) in [5.41, 5.74) is 2.23. The summed E-state index contributed by atoms with van der Waals surface area (Å²) in [4.78, 5) is 28.0. The third kappa shape index (κ3) is 7.57. The highest BCUT2D eigenvalue weighted by Crippen LogP contribution is 2.35. The van der Waals surface area contributed by atoms with Crippen LogP contribution in [0.2, 0.25) is 0 Å². The van der Waals surface area contributed by atoms with E-state index in [0.29, 0.717) is 30.2 Å². The van der Waals surface area contributed by atoms with Crippen LogP contribution in [0.4, 0.5) is 19.0 Å². The number of methoxy groups -OCH3 is 1. The average molecular weight is 542 g/mol. The molecule has 0 radical (unpaired) electrons. The summed E-state index contributed by atoms with van der Waals surface area (Å²) >= 11 is 0. The number of alkyl halides is 3. The number of carbonyl (C=O) groups is 2. The van der Waals surface area contributed by atoms with Gasteiger partial charge in [0.15, 0.2) is 0 Å². The number of amides is 1. The molecule has 0 unspecified atom stereocenters. The predicted octanol–water partition coefficient (Wildman–Crippen LogP) is 5.64. The summed E-state index contributed by atoms with van der Waals surface area (Å²) in [5.74, 6) is 0.139. The third-order valence-electron chi connectivity index (χ3n) is 6.72. The van der Waals surface area contributed by atoms with Gasteiger partial charge in [-0.3, -0.25) is 9.59 Å². The second-order valence-corrected chi connectivity index (χ2v) is 9.28. The van der Waals surface area contributed by atoms with E-state index in [0.717, 1.165) is 36.1 Å². The SMILES string of the molecule is COC(=O)CCNC(=O)c1ccc(N[C@@H](c2ccc(-c3ccc(C(F)(F)F)cc3)cc2)C2CCOCC2)nc1. The first kappa shape index (κ1) is 28.1. The van der Waals surface area contributed by atoms with E-state index < -0.39 is 17.7 Å². The molecule has 206 valence electrons. The fourth-order valence-corrected chi connectivity index (χ4v) is 4.51. The maximum absolute atomic E-state index is 12.9. The number of hydrogen-bond acceptors (Lipinski definition) is 6. The van der Waals surface area contributed by atoms with Crippen molar-refractivity contribution in [1.82, 2.24) is 10.3 Å².